The van der Waals surface area contributed by atoms with E-state index in [2.05, 4.69) is 15.0 Å². The number of aromatic nitrogens is 1. The Bertz CT molecular complexity index is 1370. The largest absolute Gasteiger partial charge is 0.465 e. The molecule has 0 fully saturated rings. The molecule has 4 aromatic rings. The highest BCUT2D eigenvalue weighted by Crippen LogP contribution is 2.33. The average Bonchev–Trinajstić information content (AvgIpc) is 3.18. The molecular formula is C21H16ClN3O5S2. The maximum Gasteiger partial charge on any atom is 0.409 e. The predicted molar refractivity (Wildman–Crippen MR) is 124 cm³/mol. The van der Waals surface area contributed by atoms with E-state index in [0.717, 1.165) is 5.56 Å². The Morgan fingerprint density at radius 2 is 1.94 bits per heavy atom. The molecule has 164 valence electrons. The number of sulfonamides is 1. The molecule has 0 bridgehead atoms. The van der Waals surface area contributed by atoms with Gasteiger partial charge in [0.25, 0.3) is 10.0 Å². The van der Waals surface area contributed by atoms with Crippen LogP contribution in [0.3, 0.4) is 0 Å². The molecule has 0 saturated carbocycles. The van der Waals surface area contributed by atoms with E-state index in [1.165, 1.54) is 30.1 Å². The van der Waals surface area contributed by atoms with Gasteiger partial charge in [-0.3, -0.25) is 10.0 Å². The summed E-state index contributed by atoms with van der Waals surface area (Å²) in [6.45, 7) is 0. The van der Waals surface area contributed by atoms with Crippen molar-refractivity contribution in [1.82, 2.24) is 4.98 Å². The normalized spacial score (nSPS) is 11.4. The molecule has 1 amide bonds. The third kappa shape index (κ3) is 5.16. The van der Waals surface area contributed by atoms with Crippen molar-refractivity contribution in [1.29, 1.82) is 0 Å². The van der Waals surface area contributed by atoms with Crippen LogP contribution >= 0.6 is 23.4 Å². The topological polar surface area (TPSA) is 122 Å². The van der Waals surface area contributed by atoms with Crippen molar-refractivity contribution < 1.29 is 22.7 Å². The lowest BCUT2D eigenvalue weighted by atomic mass is 10.2. The van der Waals surface area contributed by atoms with Crippen LogP contribution in [0.25, 0.3) is 11.0 Å². The zero-order valence-corrected chi connectivity index (χ0v) is 18.7. The number of rotatable bonds is 7. The minimum Gasteiger partial charge on any atom is -0.465 e. The number of pyridine rings is 1. The zero-order valence-electron chi connectivity index (χ0n) is 16.3. The lowest BCUT2D eigenvalue weighted by molar-refractivity contribution is 0.209. The Kier molecular flexibility index (Phi) is 6.26. The van der Waals surface area contributed by atoms with Gasteiger partial charge in [0.1, 0.15) is 10.6 Å². The SMILES string of the molecule is O=C(O)Nc1cccc(CSc2ncc(Cl)cc2NS(=O)(=O)c2cc3ccccc3o2)c1. The highest BCUT2D eigenvalue weighted by atomic mass is 35.5. The van der Waals surface area contributed by atoms with Gasteiger partial charge in [0.05, 0.1) is 10.7 Å². The van der Waals surface area contributed by atoms with Gasteiger partial charge in [0.2, 0.25) is 5.09 Å². The van der Waals surface area contributed by atoms with Crippen LogP contribution < -0.4 is 10.0 Å². The standard InChI is InChI=1S/C21H16ClN3O5S2/c22-15-10-17(25-32(28,29)19-9-14-5-1-2-7-18(14)30-19)20(23-11-15)31-12-13-4-3-6-16(8-13)24-21(26)27/h1-11,24-25H,12H2,(H,26,27). The third-order valence-corrected chi connectivity index (χ3v) is 6.79. The number of amides is 1. The van der Waals surface area contributed by atoms with Crippen LogP contribution in [0, 0.1) is 0 Å². The second kappa shape index (κ2) is 9.11. The molecule has 0 aliphatic heterocycles. The number of thioether (sulfide) groups is 1. The van der Waals surface area contributed by atoms with Gasteiger partial charge in [-0.2, -0.15) is 8.42 Å². The van der Waals surface area contributed by atoms with E-state index in [4.69, 9.17) is 21.1 Å². The smallest absolute Gasteiger partial charge is 0.409 e. The Hall–Kier alpha value is -3.21. The Labute approximate surface area is 192 Å². The zero-order chi connectivity index (χ0) is 22.7. The van der Waals surface area contributed by atoms with Crippen molar-refractivity contribution in [2.24, 2.45) is 0 Å². The van der Waals surface area contributed by atoms with Gasteiger partial charge in [-0.25, -0.2) is 9.78 Å². The number of hydrogen-bond donors (Lipinski definition) is 3. The summed E-state index contributed by atoms with van der Waals surface area (Å²) < 4.78 is 33.8. The van der Waals surface area contributed by atoms with Crippen LogP contribution in [-0.2, 0) is 15.8 Å². The molecule has 0 radical (unpaired) electrons. The predicted octanol–water partition coefficient (Wildman–Crippen LogP) is 5.66. The molecule has 2 aromatic carbocycles. The first-order valence-corrected chi connectivity index (χ1v) is 12.0. The lowest BCUT2D eigenvalue weighted by Gasteiger charge is -2.11. The minimum absolute atomic E-state index is 0.211. The van der Waals surface area contributed by atoms with Gasteiger partial charge >= 0.3 is 6.09 Å². The van der Waals surface area contributed by atoms with E-state index in [1.807, 2.05) is 6.07 Å². The van der Waals surface area contributed by atoms with E-state index >= 15 is 0 Å². The van der Waals surface area contributed by atoms with E-state index in [-0.39, 0.29) is 15.8 Å². The molecule has 0 spiro atoms. The van der Waals surface area contributed by atoms with Crippen LogP contribution in [0.1, 0.15) is 5.56 Å². The number of fused-ring (bicyclic) bond motifs is 1. The number of carboxylic acid groups (broad SMARTS) is 1. The number of nitrogens with zero attached hydrogens (tertiary/aromatic N) is 1. The molecule has 0 aliphatic carbocycles. The fourth-order valence-corrected chi connectivity index (χ4v) is 5.04. The van der Waals surface area contributed by atoms with Crippen molar-refractivity contribution in [3.8, 4) is 0 Å². The van der Waals surface area contributed by atoms with Crippen LogP contribution in [0.4, 0.5) is 16.2 Å². The van der Waals surface area contributed by atoms with Crippen LogP contribution in [0.2, 0.25) is 5.02 Å². The summed E-state index contributed by atoms with van der Waals surface area (Å²) in [4.78, 5) is 15.1. The van der Waals surface area contributed by atoms with E-state index in [9.17, 15) is 13.2 Å². The van der Waals surface area contributed by atoms with Crippen LogP contribution in [-0.4, -0.2) is 24.6 Å². The Morgan fingerprint density at radius 3 is 2.72 bits per heavy atom. The molecule has 0 atom stereocenters. The summed E-state index contributed by atoms with van der Waals surface area (Å²) in [7, 11) is -4.02. The Morgan fingerprint density at radius 1 is 1.12 bits per heavy atom. The quantitative estimate of drug-likeness (QED) is 0.286. The van der Waals surface area contributed by atoms with Crippen LogP contribution in [0.5, 0.6) is 0 Å². The van der Waals surface area contributed by atoms with Gasteiger partial charge in [-0.05, 0) is 29.8 Å². The highest BCUT2D eigenvalue weighted by molar-refractivity contribution is 7.98. The summed E-state index contributed by atoms with van der Waals surface area (Å²) in [5.41, 5.74) is 1.93. The number of hydrogen-bond acceptors (Lipinski definition) is 6. The minimum atomic E-state index is -4.02. The van der Waals surface area contributed by atoms with Crippen LogP contribution in [0.15, 0.2) is 81.4 Å². The molecule has 11 heteroatoms. The summed E-state index contributed by atoms with van der Waals surface area (Å²) in [6.07, 6.45) is 0.266. The van der Waals surface area contributed by atoms with Gasteiger partial charge in [-0.15, -0.1) is 0 Å². The molecule has 2 heterocycles. The van der Waals surface area contributed by atoms with Crippen molar-refractivity contribution in [3.05, 3.63) is 77.4 Å². The number of furan rings is 1. The summed E-state index contributed by atoms with van der Waals surface area (Å²) in [5, 5.41) is 12.3. The molecule has 3 N–H and O–H groups in total. The van der Waals surface area contributed by atoms with Gasteiger partial charge in [-0.1, -0.05) is 53.7 Å². The van der Waals surface area contributed by atoms with Crippen molar-refractivity contribution in [2.75, 3.05) is 10.0 Å². The monoisotopic (exact) mass is 489 g/mol. The van der Waals surface area contributed by atoms with E-state index in [0.29, 0.717) is 27.4 Å². The van der Waals surface area contributed by atoms with Gasteiger partial charge in [0.15, 0.2) is 0 Å². The molecule has 0 saturated heterocycles. The molecule has 32 heavy (non-hydrogen) atoms. The summed E-state index contributed by atoms with van der Waals surface area (Å²) >= 11 is 7.32. The Balaban J connectivity index is 1.56. The van der Waals surface area contributed by atoms with Crippen molar-refractivity contribution in [3.63, 3.8) is 0 Å². The molecule has 2 aromatic heterocycles. The number of nitrogens with one attached hydrogen (secondary N) is 2. The molecule has 0 unspecified atom stereocenters. The first kappa shape index (κ1) is 22.0. The highest BCUT2D eigenvalue weighted by Gasteiger charge is 2.22. The fourth-order valence-electron chi connectivity index (χ4n) is 2.91. The summed E-state index contributed by atoms with van der Waals surface area (Å²) in [5.74, 6) is 0.420. The summed E-state index contributed by atoms with van der Waals surface area (Å²) in [6, 6.07) is 16.8. The molecular weight excluding hydrogens is 474 g/mol. The van der Waals surface area contributed by atoms with Crippen molar-refractivity contribution >= 4 is 61.8 Å². The first-order chi connectivity index (χ1) is 15.3. The van der Waals surface area contributed by atoms with Gasteiger partial charge < -0.3 is 9.52 Å². The second-order valence-corrected chi connectivity index (χ2v) is 9.65. The number of carbonyl (C=O) groups is 1. The fraction of sp³-hybridized carbons (Fsp3) is 0.0476. The van der Waals surface area contributed by atoms with E-state index < -0.39 is 16.1 Å². The maximum absolute atomic E-state index is 12.9. The van der Waals surface area contributed by atoms with Gasteiger partial charge in [0, 0.05) is 29.1 Å². The number of halogens is 1. The third-order valence-electron chi connectivity index (χ3n) is 4.28. The lowest BCUT2D eigenvalue weighted by Crippen LogP contribution is -2.13. The first-order valence-electron chi connectivity index (χ1n) is 9.19. The van der Waals surface area contributed by atoms with Crippen molar-refractivity contribution in [2.45, 2.75) is 15.9 Å². The molecule has 8 nitrogen and oxygen atoms in total. The molecule has 0 aliphatic rings. The van der Waals surface area contributed by atoms with E-state index in [1.54, 1.807) is 42.5 Å². The second-order valence-electron chi connectivity index (χ2n) is 6.63. The number of benzene rings is 2. The maximum atomic E-state index is 12.9. The number of anilines is 2. The number of para-hydroxylation sites is 1. The molecule has 4 rings (SSSR count). The average molecular weight is 490 g/mol.